The lowest BCUT2D eigenvalue weighted by atomic mass is 10.1. The van der Waals surface area contributed by atoms with Gasteiger partial charge in [-0.05, 0) is 25.6 Å². The molecular formula is C14H19ClN2O3. The molecular weight excluding hydrogens is 280 g/mol. The van der Waals surface area contributed by atoms with Crippen LogP contribution in [-0.2, 0) is 9.59 Å². The van der Waals surface area contributed by atoms with Crippen molar-refractivity contribution in [3.8, 4) is 0 Å². The number of nitrogens with one attached hydrogen (secondary N) is 1. The van der Waals surface area contributed by atoms with Crippen LogP contribution in [0, 0.1) is 0 Å². The molecule has 0 aliphatic heterocycles. The van der Waals surface area contributed by atoms with Gasteiger partial charge in [0.25, 0.3) is 0 Å². The maximum atomic E-state index is 11.8. The van der Waals surface area contributed by atoms with E-state index in [2.05, 4.69) is 5.32 Å². The highest BCUT2D eigenvalue weighted by Gasteiger charge is 2.13. The molecule has 20 heavy (non-hydrogen) atoms. The second-order valence-electron chi connectivity index (χ2n) is 4.69. The first-order chi connectivity index (χ1) is 9.40. The second kappa shape index (κ2) is 7.87. The van der Waals surface area contributed by atoms with Crippen molar-refractivity contribution >= 4 is 23.5 Å². The number of aliphatic carboxylic acids is 1. The summed E-state index contributed by atoms with van der Waals surface area (Å²) in [6.45, 7) is 2.35. The van der Waals surface area contributed by atoms with Gasteiger partial charge in [-0.3, -0.25) is 14.5 Å². The summed E-state index contributed by atoms with van der Waals surface area (Å²) in [6, 6.07) is 7.15. The van der Waals surface area contributed by atoms with Gasteiger partial charge in [-0.1, -0.05) is 29.8 Å². The van der Waals surface area contributed by atoms with Crippen molar-refractivity contribution in [2.45, 2.75) is 19.4 Å². The molecule has 0 heterocycles. The van der Waals surface area contributed by atoms with Gasteiger partial charge in [0.2, 0.25) is 5.91 Å². The van der Waals surface area contributed by atoms with Crippen LogP contribution in [0.3, 0.4) is 0 Å². The van der Waals surface area contributed by atoms with Crippen molar-refractivity contribution in [2.24, 2.45) is 0 Å². The molecule has 0 fully saturated rings. The van der Waals surface area contributed by atoms with Crippen LogP contribution in [-0.4, -0.2) is 42.0 Å². The Labute approximate surface area is 123 Å². The highest BCUT2D eigenvalue weighted by molar-refractivity contribution is 6.31. The van der Waals surface area contributed by atoms with Crippen LogP contribution in [0.1, 0.15) is 24.9 Å². The second-order valence-corrected chi connectivity index (χ2v) is 5.10. The van der Waals surface area contributed by atoms with Crippen LogP contribution in [0.2, 0.25) is 5.02 Å². The first kappa shape index (κ1) is 16.5. The van der Waals surface area contributed by atoms with E-state index in [1.54, 1.807) is 18.0 Å². The number of rotatable bonds is 7. The van der Waals surface area contributed by atoms with Gasteiger partial charge >= 0.3 is 5.97 Å². The SMILES string of the molecule is CC(NC(=O)CN(C)CCC(=O)O)c1ccccc1Cl. The van der Waals surface area contributed by atoms with E-state index in [4.69, 9.17) is 16.7 Å². The number of nitrogens with zero attached hydrogens (tertiary/aromatic N) is 1. The molecule has 1 aromatic carbocycles. The third kappa shape index (κ3) is 5.59. The minimum Gasteiger partial charge on any atom is -0.481 e. The quantitative estimate of drug-likeness (QED) is 0.807. The Hall–Kier alpha value is -1.59. The summed E-state index contributed by atoms with van der Waals surface area (Å²) in [5, 5.41) is 12.0. The molecule has 1 rings (SSSR count). The third-order valence-corrected chi connectivity index (χ3v) is 3.21. The molecule has 0 saturated heterocycles. The predicted octanol–water partition coefficient (Wildman–Crippen LogP) is 1.92. The number of carboxylic acids is 1. The number of likely N-dealkylation sites (N-methyl/N-ethyl adjacent to an activating group) is 1. The topological polar surface area (TPSA) is 69.6 Å². The lowest BCUT2D eigenvalue weighted by Gasteiger charge is -2.19. The molecule has 0 aromatic heterocycles. The van der Waals surface area contributed by atoms with Crippen LogP contribution in [0.4, 0.5) is 0 Å². The minimum absolute atomic E-state index is 0.0177. The zero-order valence-electron chi connectivity index (χ0n) is 11.6. The van der Waals surface area contributed by atoms with Crippen LogP contribution >= 0.6 is 11.6 Å². The lowest BCUT2D eigenvalue weighted by molar-refractivity contribution is -0.137. The maximum Gasteiger partial charge on any atom is 0.304 e. The molecule has 1 amide bonds. The number of benzene rings is 1. The fourth-order valence-electron chi connectivity index (χ4n) is 1.80. The summed E-state index contributed by atoms with van der Waals surface area (Å²) in [5.74, 6) is -1.04. The van der Waals surface area contributed by atoms with Crippen molar-refractivity contribution < 1.29 is 14.7 Å². The standard InChI is InChI=1S/C14H19ClN2O3/c1-10(11-5-3-4-6-12(11)15)16-13(18)9-17(2)8-7-14(19)20/h3-6,10H,7-9H2,1-2H3,(H,16,18)(H,19,20). The van der Waals surface area contributed by atoms with Gasteiger partial charge in [0, 0.05) is 11.6 Å². The number of carboxylic acid groups (broad SMARTS) is 1. The van der Waals surface area contributed by atoms with Crippen LogP contribution in [0.15, 0.2) is 24.3 Å². The summed E-state index contributed by atoms with van der Waals surface area (Å²) in [6.07, 6.45) is 0.0177. The van der Waals surface area contributed by atoms with Gasteiger partial charge in [-0.15, -0.1) is 0 Å². The molecule has 1 atom stereocenters. The van der Waals surface area contributed by atoms with Gasteiger partial charge in [-0.2, -0.15) is 0 Å². The fraction of sp³-hybridized carbons (Fsp3) is 0.429. The van der Waals surface area contributed by atoms with Gasteiger partial charge in [0.1, 0.15) is 0 Å². The Balaban J connectivity index is 2.46. The Kier molecular flexibility index (Phi) is 6.48. The van der Waals surface area contributed by atoms with Crippen molar-refractivity contribution in [2.75, 3.05) is 20.1 Å². The van der Waals surface area contributed by atoms with Gasteiger partial charge in [-0.25, -0.2) is 0 Å². The number of carbonyl (C=O) groups excluding carboxylic acids is 1. The van der Waals surface area contributed by atoms with E-state index in [0.717, 1.165) is 5.56 Å². The highest BCUT2D eigenvalue weighted by Crippen LogP contribution is 2.21. The Morgan fingerprint density at radius 2 is 2.05 bits per heavy atom. The van der Waals surface area contributed by atoms with E-state index in [-0.39, 0.29) is 24.9 Å². The summed E-state index contributed by atoms with van der Waals surface area (Å²) in [5.41, 5.74) is 0.857. The molecule has 1 aromatic rings. The number of amides is 1. The molecule has 0 saturated carbocycles. The first-order valence-corrected chi connectivity index (χ1v) is 6.72. The monoisotopic (exact) mass is 298 g/mol. The average Bonchev–Trinajstić information content (AvgIpc) is 2.36. The Bertz CT molecular complexity index is 479. The number of hydrogen-bond acceptors (Lipinski definition) is 3. The largest absolute Gasteiger partial charge is 0.481 e. The summed E-state index contributed by atoms with van der Waals surface area (Å²) >= 11 is 6.07. The third-order valence-electron chi connectivity index (χ3n) is 2.87. The minimum atomic E-state index is -0.873. The number of halogens is 1. The molecule has 0 aliphatic carbocycles. The normalized spacial score (nSPS) is 12.2. The number of carbonyl (C=O) groups is 2. The van der Waals surface area contributed by atoms with E-state index in [0.29, 0.717) is 11.6 Å². The average molecular weight is 299 g/mol. The van der Waals surface area contributed by atoms with E-state index in [9.17, 15) is 9.59 Å². The van der Waals surface area contributed by atoms with E-state index in [1.807, 2.05) is 25.1 Å². The summed E-state index contributed by atoms with van der Waals surface area (Å²) in [7, 11) is 1.71. The van der Waals surface area contributed by atoms with Gasteiger partial charge < -0.3 is 10.4 Å². The van der Waals surface area contributed by atoms with Gasteiger partial charge in [0.05, 0.1) is 19.0 Å². The molecule has 110 valence electrons. The Morgan fingerprint density at radius 3 is 2.65 bits per heavy atom. The molecule has 1 unspecified atom stereocenters. The van der Waals surface area contributed by atoms with Crippen molar-refractivity contribution in [3.63, 3.8) is 0 Å². The van der Waals surface area contributed by atoms with Crippen molar-refractivity contribution in [3.05, 3.63) is 34.9 Å². The van der Waals surface area contributed by atoms with Gasteiger partial charge in [0.15, 0.2) is 0 Å². The highest BCUT2D eigenvalue weighted by atomic mass is 35.5. The van der Waals surface area contributed by atoms with Crippen LogP contribution < -0.4 is 5.32 Å². The smallest absolute Gasteiger partial charge is 0.304 e. The van der Waals surface area contributed by atoms with E-state index in [1.165, 1.54) is 0 Å². The molecule has 0 bridgehead atoms. The van der Waals surface area contributed by atoms with E-state index < -0.39 is 5.97 Å². The first-order valence-electron chi connectivity index (χ1n) is 6.34. The lowest BCUT2D eigenvalue weighted by Crippen LogP contribution is -2.37. The molecule has 5 nitrogen and oxygen atoms in total. The van der Waals surface area contributed by atoms with Crippen LogP contribution in [0.5, 0.6) is 0 Å². The molecule has 6 heteroatoms. The van der Waals surface area contributed by atoms with Crippen LogP contribution in [0.25, 0.3) is 0 Å². The molecule has 0 radical (unpaired) electrons. The number of hydrogen-bond donors (Lipinski definition) is 2. The van der Waals surface area contributed by atoms with E-state index >= 15 is 0 Å². The predicted molar refractivity (Wildman–Crippen MR) is 77.8 cm³/mol. The van der Waals surface area contributed by atoms with Crippen molar-refractivity contribution in [1.29, 1.82) is 0 Å². The summed E-state index contributed by atoms with van der Waals surface area (Å²) < 4.78 is 0. The molecule has 0 aliphatic rings. The van der Waals surface area contributed by atoms with Crippen molar-refractivity contribution in [1.82, 2.24) is 10.2 Å². The molecule has 2 N–H and O–H groups in total. The maximum absolute atomic E-state index is 11.8. The fourth-order valence-corrected chi connectivity index (χ4v) is 2.10. The zero-order valence-corrected chi connectivity index (χ0v) is 12.4. The molecule has 0 spiro atoms. The summed E-state index contributed by atoms with van der Waals surface area (Å²) in [4.78, 5) is 24.0. The Morgan fingerprint density at radius 1 is 1.40 bits per heavy atom. The zero-order chi connectivity index (χ0) is 15.1.